The summed E-state index contributed by atoms with van der Waals surface area (Å²) < 4.78 is 0. The average Bonchev–Trinajstić information content (AvgIpc) is 3.06. The molecule has 4 fully saturated rings. The van der Waals surface area contributed by atoms with E-state index >= 15 is 0 Å². The summed E-state index contributed by atoms with van der Waals surface area (Å²) in [6.45, 7) is 16.7. The molecule has 0 aromatic heterocycles. The number of hydrogen-bond donors (Lipinski definition) is 1. The minimum atomic E-state index is -0.0935. The molecule has 0 saturated heterocycles. The molecule has 0 heterocycles. The SMILES string of the molecule is C=CC[C@@H]1C[C@@]2(C)C(CC[C@H]3[C@@H]4CC[C@H]([C@H](C)CCCC(C)C)[C@@]4(C)CC[C@@H]32)C[C@@H]1O. The monoisotopic (exact) mass is 428 g/mol. The highest BCUT2D eigenvalue weighted by Crippen LogP contribution is 2.68. The molecular formula is C30H52O. The second-order valence-electron chi connectivity index (χ2n) is 13.5. The van der Waals surface area contributed by atoms with Crippen LogP contribution in [0.3, 0.4) is 0 Å². The molecule has 1 unspecified atom stereocenters. The minimum Gasteiger partial charge on any atom is -0.393 e. The highest BCUT2D eigenvalue weighted by molar-refractivity contribution is 5.10. The van der Waals surface area contributed by atoms with Gasteiger partial charge in [-0.3, -0.25) is 0 Å². The zero-order valence-corrected chi connectivity index (χ0v) is 21.4. The van der Waals surface area contributed by atoms with Crippen LogP contribution in [0.5, 0.6) is 0 Å². The summed E-state index contributed by atoms with van der Waals surface area (Å²) in [6, 6.07) is 0. The van der Waals surface area contributed by atoms with Gasteiger partial charge in [0.25, 0.3) is 0 Å². The van der Waals surface area contributed by atoms with Gasteiger partial charge in [0.2, 0.25) is 0 Å². The van der Waals surface area contributed by atoms with Crippen molar-refractivity contribution >= 4 is 0 Å². The fraction of sp³-hybridized carbons (Fsp3) is 0.933. The molecular weight excluding hydrogens is 376 g/mol. The zero-order chi connectivity index (χ0) is 22.4. The van der Waals surface area contributed by atoms with E-state index in [1.165, 1.54) is 64.2 Å². The Morgan fingerprint density at radius 2 is 1.71 bits per heavy atom. The van der Waals surface area contributed by atoms with Crippen LogP contribution in [0.25, 0.3) is 0 Å². The molecule has 4 aliphatic carbocycles. The molecule has 1 N–H and O–H groups in total. The fourth-order valence-corrected chi connectivity index (χ4v) is 9.90. The van der Waals surface area contributed by atoms with Crippen LogP contribution in [0.15, 0.2) is 12.7 Å². The van der Waals surface area contributed by atoms with Crippen molar-refractivity contribution in [1.29, 1.82) is 0 Å². The Bertz CT molecular complexity index is 624. The van der Waals surface area contributed by atoms with Crippen LogP contribution >= 0.6 is 0 Å². The van der Waals surface area contributed by atoms with Gasteiger partial charge in [0, 0.05) is 0 Å². The maximum Gasteiger partial charge on any atom is 0.0574 e. The van der Waals surface area contributed by atoms with E-state index in [1.54, 1.807) is 0 Å². The van der Waals surface area contributed by atoms with E-state index in [2.05, 4.69) is 47.3 Å². The van der Waals surface area contributed by atoms with E-state index < -0.39 is 0 Å². The van der Waals surface area contributed by atoms with Crippen LogP contribution in [0.2, 0.25) is 0 Å². The molecule has 1 nitrogen and oxygen atoms in total. The summed E-state index contributed by atoms with van der Waals surface area (Å²) >= 11 is 0. The number of aliphatic hydroxyl groups excluding tert-OH is 1. The quantitative estimate of drug-likeness (QED) is 0.404. The summed E-state index contributed by atoms with van der Waals surface area (Å²) in [5.74, 6) is 6.73. The fourth-order valence-electron chi connectivity index (χ4n) is 9.90. The van der Waals surface area contributed by atoms with Crippen LogP contribution in [0.1, 0.15) is 112 Å². The van der Waals surface area contributed by atoms with E-state index in [0.29, 0.717) is 16.7 Å². The van der Waals surface area contributed by atoms with Crippen molar-refractivity contribution < 1.29 is 5.11 Å². The van der Waals surface area contributed by atoms with Gasteiger partial charge in [0.05, 0.1) is 6.10 Å². The molecule has 10 atom stereocenters. The first-order valence-corrected chi connectivity index (χ1v) is 14.0. The number of rotatable bonds is 7. The van der Waals surface area contributed by atoms with Crippen molar-refractivity contribution in [3.8, 4) is 0 Å². The highest BCUT2D eigenvalue weighted by Gasteiger charge is 2.61. The number of aliphatic hydroxyl groups is 1. The Morgan fingerprint density at radius 3 is 2.42 bits per heavy atom. The predicted molar refractivity (Wildman–Crippen MR) is 133 cm³/mol. The summed E-state index contributed by atoms with van der Waals surface area (Å²) in [4.78, 5) is 0. The molecule has 4 saturated carbocycles. The molecule has 0 aromatic rings. The van der Waals surface area contributed by atoms with E-state index in [4.69, 9.17) is 0 Å². The van der Waals surface area contributed by atoms with Gasteiger partial charge in [-0.1, -0.05) is 60.0 Å². The van der Waals surface area contributed by atoms with Gasteiger partial charge in [-0.15, -0.1) is 6.58 Å². The minimum absolute atomic E-state index is 0.0935. The molecule has 0 aromatic carbocycles. The Balaban J connectivity index is 1.48. The Kier molecular flexibility index (Phi) is 7.04. The lowest BCUT2D eigenvalue weighted by molar-refractivity contribution is -0.144. The molecule has 178 valence electrons. The second kappa shape index (κ2) is 9.15. The summed E-state index contributed by atoms with van der Waals surface area (Å²) in [6.07, 6.45) is 18.2. The van der Waals surface area contributed by atoms with Crippen molar-refractivity contribution in [2.45, 2.75) is 118 Å². The van der Waals surface area contributed by atoms with Crippen molar-refractivity contribution in [1.82, 2.24) is 0 Å². The topological polar surface area (TPSA) is 20.2 Å². The van der Waals surface area contributed by atoms with Crippen LogP contribution in [0, 0.1) is 58.2 Å². The van der Waals surface area contributed by atoms with E-state index in [1.807, 2.05) is 0 Å². The molecule has 0 amide bonds. The second-order valence-corrected chi connectivity index (χ2v) is 13.5. The van der Waals surface area contributed by atoms with Crippen LogP contribution in [0.4, 0.5) is 0 Å². The van der Waals surface area contributed by atoms with Crippen LogP contribution in [-0.4, -0.2) is 11.2 Å². The van der Waals surface area contributed by atoms with Crippen molar-refractivity contribution in [2.24, 2.45) is 58.2 Å². The van der Waals surface area contributed by atoms with Gasteiger partial charge in [-0.05, 0) is 116 Å². The van der Waals surface area contributed by atoms with E-state index in [9.17, 15) is 5.11 Å². The number of fused-ring (bicyclic) bond motifs is 5. The van der Waals surface area contributed by atoms with Gasteiger partial charge < -0.3 is 5.11 Å². The first-order chi connectivity index (χ1) is 14.7. The van der Waals surface area contributed by atoms with Gasteiger partial charge in [0.1, 0.15) is 0 Å². The number of hydrogen-bond acceptors (Lipinski definition) is 1. The zero-order valence-electron chi connectivity index (χ0n) is 21.4. The molecule has 4 aliphatic rings. The first-order valence-electron chi connectivity index (χ1n) is 14.0. The smallest absolute Gasteiger partial charge is 0.0574 e. The molecule has 31 heavy (non-hydrogen) atoms. The van der Waals surface area contributed by atoms with Crippen molar-refractivity contribution in [3.63, 3.8) is 0 Å². The van der Waals surface area contributed by atoms with Crippen LogP contribution < -0.4 is 0 Å². The highest BCUT2D eigenvalue weighted by atomic mass is 16.3. The lowest BCUT2D eigenvalue weighted by Crippen LogP contribution is -2.55. The molecule has 0 spiro atoms. The Labute approximate surface area is 193 Å². The maximum atomic E-state index is 10.8. The standard InChI is InChI=1S/C30H52O/c1-7-9-22-19-30(6)23(18-28(22)31)12-13-24-26-15-14-25(21(4)11-8-10-20(2)3)29(26,5)17-16-27(24)30/h7,20-28,31H,1,8-19H2,2-6H3/t21-,22-,23?,24+,25-,26+,27+,28+,29-,30+/m1/s1. The van der Waals surface area contributed by atoms with E-state index in [-0.39, 0.29) is 6.10 Å². The lowest BCUT2D eigenvalue weighted by Gasteiger charge is -2.62. The summed E-state index contributed by atoms with van der Waals surface area (Å²) in [5.41, 5.74) is 1.05. The summed E-state index contributed by atoms with van der Waals surface area (Å²) in [5, 5.41) is 10.8. The molecule has 0 bridgehead atoms. The maximum absolute atomic E-state index is 10.8. The Hall–Kier alpha value is -0.300. The molecule has 0 aliphatic heterocycles. The average molecular weight is 429 g/mol. The molecule has 4 rings (SSSR count). The predicted octanol–water partition coefficient (Wildman–Crippen LogP) is 8.27. The van der Waals surface area contributed by atoms with E-state index in [0.717, 1.165) is 54.3 Å². The normalized spacial score (nSPS) is 48.0. The van der Waals surface area contributed by atoms with Gasteiger partial charge in [0.15, 0.2) is 0 Å². The number of allylic oxidation sites excluding steroid dienone is 1. The van der Waals surface area contributed by atoms with Gasteiger partial charge >= 0.3 is 0 Å². The Morgan fingerprint density at radius 1 is 0.968 bits per heavy atom. The molecule has 1 heteroatoms. The van der Waals surface area contributed by atoms with Gasteiger partial charge in [-0.2, -0.15) is 0 Å². The van der Waals surface area contributed by atoms with Crippen LogP contribution in [-0.2, 0) is 0 Å². The first kappa shape index (κ1) is 23.8. The third-order valence-electron chi connectivity index (χ3n) is 11.5. The third kappa shape index (κ3) is 4.20. The van der Waals surface area contributed by atoms with Crippen molar-refractivity contribution in [2.75, 3.05) is 0 Å². The van der Waals surface area contributed by atoms with Gasteiger partial charge in [-0.25, -0.2) is 0 Å². The third-order valence-corrected chi connectivity index (χ3v) is 11.5. The molecule has 0 radical (unpaired) electrons. The lowest BCUT2D eigenvalue weighted by atomic mass is 9.43. The summed E-state index contributed by atoms with van der Waals surface area (Å²) in [7, 11) is 0. The van der Waals surface area contributed by atoms with Crippen molar-refractivity contribution in [3.05, 3.63) is 12.7 Å². The largest absolute Gasteiger partial charge is 0.393 e.